The molecule has 0 spiro atoms. The highest BCUT2D eigenvalue weighted by molar-refractivity contribution is 7.89. The summed E-state index contributed by atoms with van der Waals surface area (Å²) < 4.78 is 32.1. The molecule has 7 heteroatoms. The molecule has 1 atom stereocenters. The van der Waals surface area contributed by atoms with E-state index in [0.717, 1.165) is 10.4 Å². The third-order valence-corrected chi connectivity index (χ3v) is 5.69. The van der Waals surface area contributed by atoms with E-state index < -0.39 is 16.1 Å². The van der Waals surface area contributed by atoms with Crippen LogP contribution < -0.4 is 9.46 Å². The lowest BCUT2D eigenvalue weighted by atomic mass is 10.2. The molecule has 22 heavy (non-hydrogen) atoms. The number of aliphatic hydroxyl groups excluding tert-OH is 1. The van der Waals surface area contributed by atoms with Crippen molar-refractivity contribution in [1.82, 2.24) is 4.72 Å². The second-order valence-corrected chi connectivity index (χ2v) is 7.60. The average Bonchev–Trinajstić information content (AvgIpc) is 3.01. The van der Waals surface area contributed by atoms with Crippen LogP contribution in [0.1, 0.15) is 23.0 Å². The second-order valence-electron chi connectivity index (χ2n) is 4.85. The van der Waals surface area contributed by atoms with Gasteiger partial charge in [-0.2, -0.15) is 0 Å². The zero-order chi connectivity index (χ0) is 16.2. The molecule has 0 saturated carbocycles. The van der Waals surface area contributed by atoms with E-state index in [0.29, 0.717) is 12.2 Å². The van der Waals surface area contributed by atoms with E-state index in [9.17, 15) is 13.5 Å². The Balaban J connectivity index is 1.98. The monoisotopic (exact) mass is 341 g/mol. The van der Waals surface area contributed by atoms with E-state index in [4.69, 9.17) is 4.74 Å². The lowest BCUT2D eigenvalue weighted by molar-refractivity contribution is 0.173. The fraction of sp³-hybridized carbons (Fsp3) is 0.333. The van der Waals surface area contributed by atoms with Gasteiger partial charge < -0.3 is 9.84 Å². The van der Waals surface area contributed by atoms with Crippen LogP contribution in [0.15, 0.2) is 40.6 Å². The minimum Gasteiger partial charge on any atom is -0.496 e. The van der Waals surface area contributed by atoms with E-state index in [1.807, 2.05) is 17.5 Å². The summed E-state index contributed by atoms with van der Waals surface area (Å²) in [7, 11) is -2.04. The van der Waals surface area contributed by atoms with Gasteiger partial charge in [0.05, 0.1) is 18.1 Å². The van der Waals surface area contributed by atoms with Crippen LogP contribution in [0.4, 0.5) is 0 Å². The van der Waals surface area contributed by atoms with Gasteiger partial charge >= 0.3 is 0 Å². The van der Waals surface area contributed by atoms with Crippen molar-refractivity contribution in [3.63, 3.8) is 0 Å². The predicted octanol–water partition coefficient (Wildman–Crippen LogP) is 2.47. The quantitative estimate of drug-likeness (QED) is 0.811. The first-order chi connectivity index (χ1) is 10.4. The van der Waals surface area contributed by atoms with Crippen LogP contribution in [-0.2, 0) is 10.0 Å². The van der Waals surface area contributed by atoms with Gasteiger partial charge in [-0.25, -0.2) is 13.1 Å². The molecule has 0 saturated heterocycles. The molecule has 0 aliphatic rings. The summed E-state index contributed by atoms with van der Waals surface area (Å²) in [4.78, 5) is 1.02. The van der Waals surface area contributed by atoms with Crippen molar-refractivity contribution in [2.75, 3.05) is 13.7 Å². The number of aryl methyl sites for hydroxylation is 1. The number of nitrogens with one attached hydrogen (secondary N) is 1. The third kappa shape index (κ3) is 4.07. The van der Waals surface area contributed by atoms with E-state index in [1.54, 1.807) is 26.2 Å². The Labute approximate surface area is 134 Å². The first kappa shape index (κ1) is 17.0. The van der Waals surface area contributed by atoms with Crippen molar-refractivity contribution in [3.8, 4) is 5.75 Å². The maximum Gasteiger partial charge on any atom is 0.240 e. The zero-order valence-electron chi connectivity index (χ0n) is 12.4. The summed E-state index contributed by atoms with van der Waals surface area (Å²) in [5, 5.41) is 11.8. The number of aliphatic hydroxyl groups is 1. The predicted molar refractivity (Wildman–Crippen MR) is 86.8 cm³/mol. The van der Waals surface area contributed by atoms with Gasteiger partial charge in [-0.05, 0) is 48.6 Å². The number of sulfonamides is 1. The molecule has 5 nitrogen and oxygen atoms in total. The maximum absolute atomic E-state index is 12.2. The summed E-state index contributed by atoms with van der Waals surface area (Å²) in [6.07, 6.45) is -0.324. The normalized spacial score (nSPS) is 13.0. The van der Waals surface area contributed by atoms with Crippen molar-refractivity contribution in [1.29, 1.82) is 0 Å². The Kier molecular flexibility index (Phi) is 5.57. The van der Waals surface area contributed by atoms with Crippen LogP contribution in [0.3, 0.4) is 0 Å². The molecule has 2 aromatic rings. The van der Waals surface area contributed by atoms with Crippen LogP contribution in [0, 0.1) is 6.92 Å². The van der Waals surface area contributed by atoms with Crippen molar-refractivity contribution in [3.05, 3.63) is 46.2 Å². The zero-order valence-corrected chi connectivity index (χ0v) is 14.1. The van der Waals surface area contributed by atoms with Gasteiger partial charge in [0.2, 0.25) is 10.0 Å². The average molecular weight is 341 g/mol. The topological polar surface area (TPSA) is 75.6 Å². The molecular weight excluding hydrogens is 322 g/mol. The molecule has 0 aliphatic carbocycles. The molecule has 0 radical (unpaired) electrons. The number of rotatable bonds is 7. The summed E-state index contributed by atoms with van der Waals surface area (Å²) in [5.41, 5.74) is 0.754. The van der Waals surface area contributed by atoms with Gasteiger partial charge in [-0.1, -0.05) is 6.07 Å². The van der Waals surface area contributed by atoms with Crippen molar-refractivity contribution in [2.45, 2.75) is 24.3 Å². The summed E-state index contributed by atoms with van der Waals surface area (Å²) >= 11 is 1.45. The molecule has 120 valence electrons. The number of methoxy groups -OCH3 is 1. The van der Waals surface area contributed by atoms with Gasteiger partial charge in [0.15, 0.2) is 0 Å². The Morgan fingerprint density at radius 2 is 2.14 bits per heavy atom. The molecule has 0 amide bonds. The highest BCUT2D eigenvalue weighted by atomic mass is 32.2. The molecule has 1 heterocycles. The minimum absolute atomic E-state index is 0.173. The summed E-state index contributed by atoms with van der Waals surface area (Å²) in [6, 6.07) is 8.38. The van der Waals surface area contributed by atoms with Crippen molar-refractivity contribution < 1.29 is 18.3 Å². The summed E-state index contributed by atoms with van der Waals surface area (Å²) in [5.74, 6) is 0.645. The van der Waals surface area contributed by atoms with Crippen LogP contribution in [-0.4, -0.2) is 27.2 Å². The standard InChI is InChI=1S/C15H19NO4S2/c1-11-10-12(5-6-14(11)20-2)22(18,19)16-8-7-13(17)15-4-3-9-21-15/h3-6,9-10,13,16-17H,7-8H2,1-2H3. The SMILES string of the molecule is COc1ccc(S(=O)(=O)NCCC(O)c2cccs2)cc1C. The largest absolute Gasteiger partial charge is 0.496 e. The van der Waals surface area contributed by atoms with Crippen LogP contribution in [0.2, 0.25) is 0 Å². The molecule has 2 rings (SSSR count). The number of thiophene rings is 1. The molecule has 0 aliphatic heterocycles. The van der Waals surface area contributed by atoms with Gasteiger partial charge in [-0.15, -0.1) is 11.3 Å². The highest BCUT2D eigenvalue weighted by Crippen LogP contribution is 2.23. The maximum atomic E-state index is 12.2. The van der Waals surface area contributed by atoms with Gasteiger partial charge in [0.1, 0.15) is 5.75 Å². The van der Waals surface area contributed by atoms with Crippen LogP contribution >= 0.6 is 11.3 Å². The molecule has 2 N–H and O–H groups in total. The van der Waals surface area contributed by atoms with Gasteiger partial charge in [0, 0.05) is 11.4 Å². The van der Waals surface area contributed by atoms with Crippen LogP contribution in [0.25, 0.3) is 0 Å². The van der Waals surface area contributed by atoms with Crippen molar-refractivity contribution >= 4 is 21.4 Å². The molecule has 0 bridgehead atoms. The van der Waals surface area contributed by atoms with Gasteiger partial charge in [0.25, 0.3) is 0 Å². The molecule has 1 aromatic carbocycles. The first-order valence-electron chi connectivity index (χ1n) is 6.80. The number of ether oxygens (including phenoxy) is 1. The molecule has 0 fully saturated rings. The van der Waals surface area contributed by atoms with Crippen molar-refractivity contribution in [2.24, 2.45) is 0 Å². The summed E-state index contributed by atoms with van der Waals surface area (Å²) in [6.45, 7) is 1.96. The lowest BCUT2D eigenvalue weighted by Crippen LogP contribution is -2.26. The van der Waals surface area contributed by atoms with E-state index in [1.165, 1.54) is 17.4 Å². The minimum atomic E-state index is -3.59. The Morgan fingerprint density at radius 3 is 2.73 bits per heavy atom. The molecule has 1 aromatic heterocycles. The Bertz CT molecular complexity index is 711. The number of hydrogen-bond acceptors (Lipinski definition) is 5. The second kappa shape index (κ2) is 7.23. The van der Waals surface area contributed by atoms with E-state index >= 15 is 0 Å². The number of hydrogen-bond donors (Lipinski definition) is 2. The fourth-order valence-electron chi connectivity index (χ4n) is 2.05. The van der Waals surface area contributed by atoms with E-state index in [2.05, 4.69) is 4.72 Å². The smallest absolute Gasteiger partial charge is 0.240 e. The molecular formula is C15H19NO4S2. The lowest BCUT2D eigenvalue weighted by Gasteiger charge is -2.11. The first-order valence-corrected chi connectivity index (χ1v) is 9.16. The van der Waals surface area contributed by atoms with E-state index in [-0.39, 0.29) is 11.4 Å². The highest BCUT2D eigenvalue weighted by Gasteiger charge is 2.16. The van der Waals surface area contributed by atoms with Gasteiger partial charge in [-0.3, -0.25) is 0 Å². The molecule has 1 unspecified atom stereocenters. The number of benzene rings is 1. The van der Waals surface area contributed by atoms with Crippen LogP contribution in [0.5, 0.6) is 5.75 Å². The Hall–Kier alpha value is -1.41. The Morgan fingerprint density at radius 1 is 1.36 bits per heavy atom. The fourth-order valence-corrected chi connectivity index (χ4v) is 3.93. The third-order valence-electron chi connectivity index (χ3n) is 3.26.